The van der Waals surface area contributed by atoms with E-state index in [-0.39, 0.29) is 0 Å². The van der Waals surface area contributed by atoms with Crippen LogP contribution in [0.1, 0.15) is 18.3 Å². The van der Waals surface area contributed by atoms with Crippen molar-refractivity contribution in [1.82, 2.24) is 4.57 Å². The van der Waals surface area contributed by atoms with Gasteiger partial charge in [0.1, 0.15) is 5.25 Å². The van der Waals surface area contributed by atoms with Gasteiger partial charge in [0.05, 0.1) is 5.69 Å². The molecular formula is C15H17NO2S. The molecule has 1 heterocycles. The van der Waals surface area contributed by atoms with E-state index >= 15 is 0 Å². The van der Waals surface area contributed by atoms with Gasteiger partial charge in [0, 0.05) is 16.3 Å². The van der Waals surface area contributed by atoms with Crippen molar-refractivity contribution in [1.29, 1.82) is 0 Å². The van der Waals surface area contributed by atoms with Gasteiger partial charge in [-0.05, 0) is 45.0 Å². The molecule has 0 saturated heterocycles. The Hall–Kier alpha value is -1.68. The van der Waals surface area contributed by atoms with Gasteiger partial charge >= 0.3 is 5.97 Å². The third-order valence-corrected chi connectivity index (χ3v) is 4.18. The fourth-order valence-electron chi connectivity index (χ4n) is 2.03. The number of carboxylic acid groups (broad SMARTS) is 1. The fraction of sp³-hybridized carbons (Fsp3) is 0.267. The number of hydrogen-bond donors (Lipinski definition) is 1. The maximum absolute atomic E-state index is 11.0. The van der Waals surface area contributed by atoms with E-state index in [1.54, 1.807) is 6.92 Å². The van der Waals surface area contributed by atoms with Crippen LogP contribution in [0.15, 0.2) is 41.3 Å². The van der Waals surface area contributed by atoms with Gasteiger partial charge in [-0.15, -0.1) is 11.8 Å². The van der Waals surface area contributed by atoms with Crippen molar-refractivity contribution in [3.8, 4) is 5.69 Å². The zero-order valence-electron chi connectivity index (χ0n) is 11.3. The summed E-state index contributed by atoms with van der Waals surface area (Å²) in [6.45, 7) is 5.81. The maximum Gasteiger partial charge on any atom is 0.316 e. The summed E-state index contributed by atoms with van der Waals surface area (Å²) in [7, 11) is 0. The zero-order valence-corrected chi connectivity index (χ0v) is 12.1. The lowest BCUT2D eigenvalue weighted by molar-refractivity contribution is -0.136. The molecule has 1 aromatic carbocycles. The van der Waals surface area contributed by atoms with E-state index < -0.39 is 11.2 Å². The van der Waals surface area contributed by atoms with Crippen LogP contribution in [0.2, 0.25) is 0 Å². The van der Waals surface area contributed by atoms with Crippen molar-refractivity contribution in [3.05, 3.63) is 47.8 Å². The van der Waals surface area contributed by atoms with Gasteiger partial charge in [-0.3, -0.25) is 4.79 Å². The summed E-state index contributed by atoms with van der Waals surface area (Å²) in [4.78, 5) is 12.0. The minimum absolute atomic E-state index is 0.461. The summed E-state index contributed by atoms with van der Waals surface area (Å²) < 4.78 is 2.15. The first-order chi connectivity index (χ1) is 9.00. The molecule has 0 radical (unpaired) electrons. The number of carboxylic acids is 1. The minimum atomic E-state index is -0.791. The lowest BCUT2D eigenvalue weighted by atomic mass is 10.3. The van der Waals surface area contributed by atoms with Gasteiger partial charge in [0.15, 0.2) is 0 Å². The topological polar surface area (TPSA) is 42.2 Å². The van der Waals surface area contributed by atoms with Gasteiger partial charge in [0.2, 0.25) is 0 Å². The first-order valence-corrected chi connectivity index (χ1v) is 7.02. The van der Waals surface area contributed by atoms with E-state index in [1.165, 1.54) is 11.8 Å². The Morgan fingerprint density at radius 2 is 1.74 bits per heavy atom. The van der Waals surface area contributed by atoms with Crippen molar-refractivity contribution >= 4 is 17.7 Å². The van der Waals surface area contributed by atoms with Crippen LogP contribution in [0.4, 0.5) is 0 Å². The van der Waals surface area contributed by atoms with Gasteiger partial charge < -0.3 is 9.67 Å². The lowest BCUT2D eigenvalue weighted by Gasteiger charge is -2.15. The highest BCUT2D eigenvalue weighted by Crippen LogP contribution is 2.31. The molecule has 4 heteroatoms. The predicted molar refractivity (Wildman–Crippen MR) is 78.2 cm³/mol. The highest BCUT2D eigenvalue weighted by Gasteiger charge is 2.16. The molecule has 0 aliphatic rings. The Bertz CT molecular complexity index is 584. The van der Waals surface area contributed by atoms with Crippen molar-refractivity contribution in [3.63, 3.8) is 0 Å². The fourth-order valence-corrected chi connectivity index (χ4v) is 2.95. The second kappa shape index (κ2) is 5.53. The second-order valence-electron chi connectivity index (χ2n) is 4.52. The van der Waals surface area contributed by atoms with Crippen LogP contribution in [0.5, 0.6) is 0 Å². The Labute approximate surface area is 117 Å². The molecule has 0 fully saturated rings. The van der Waals surface area contributed by atoms with Crippen LogP contribution in [0.25, 0.3) is 5.69 Å². The monoisotopic (exact) mass is 275 g/mol. The minimum Gasteiger partial charge on any atom is -0.480 e. The molecule has 0 amide bonds. The van der Waals surface area contributed by atoms with E-state index in [0.29, 0.717) is 0 Å². The van der Waals surface area contributed by atoms with Crippen molar-refractivity contribution in [2.75, 3.05) is 0 Å². The second-order valence-corrected chi connectivity index (χ2v) is 5.90. The first kappa shape index (κ1) is 13.7. The number of thioether (sulfide) groups is 1. The molecule has 1 aromatic heterocycles. The highest BCUT2D eigenvalue weighted by atomic mass is 32.2. The van der Waals surface area contributed by atoms with E-state index in [0.717, 1.165) is 22.0 Å². The largest absolute Gasteiger partial charge is 0.480 e. The molecule has 0 saturated carbocycles. The molecular weight excluding hydrogens is 258 g/mol. The molecule has 1 N–H and O–H groups in total. The number of aromatic nitrogens is 1. The van der Waals surface area contributed by atoms with E-state index in [4.69, 9.17) is 5.11 Å². The molecule has 0 unspecified atom stereocenters. The van der Waals surface area contributed by atoms with Crippen LogP contribution in [-0.4, -0.2) is 20.9 Å². The highest BCUT2D eigenvalue weighted by molar-refractivity contribution is 8.00. The van der Waals surface area contributed by atoms with Crippen molar-refractivity contribution in [2.24, 2.45) is 0 Å². The Balaban J connectivity index is 2.45. The number of hydrogen-bond acceptors (Lipinski definition) is 2. The van der Waals surface area contributed by atoms with E-state index in [2.05, 4.69) is 30.5 Å². The first-order valence-electron chi connectivity index (χ1n) is 6.14. The number of para-hydroxylation sites is 1. The predicted octanol–water partition coefficient (Wildman–Crippen LogP) is 3.66. The summed E-state index contributed by atoms with van der Waals surface area (Å²) >= 11 is 1.37. The normalized spacial score (nSPS) is 12.4. The molecule has 3 nitrogen and oxygen atoms in total. The number of aliphatic carboxylic acids is 1. The van der Waals surface area contributed by atoms with Crippen LogP contribution in [0, 0.1) is 13.8 Å². The number of nitrogens with zero attached hydrogens (tertiary/aromatic N) is 1. The zero-order chi connectivity index (χ0) is 14.0. The average molecular weight is 275 g/mol. The number of benzene rings is 1. The standard InChI is InChI=1S/C15H17NO2S/c1-10-8-9-11(2)16(10)13-6-4-5-7-14(13)19-12(3)15(17)18/h4-9,12H,1-3H3,(H,17,18)/t12-/m1/s1. The van der Waals surface area contributed by atoms with Crippen LogP contribution < -0.4 is 0 Å². The van der Waals surface area contributed by atoms with Crippen LogP contribution in [-0.2, 0) is 4.79 Å². The van der Waals surface area contributed by atoms with Gasteiger partial charge in [-0.1, -0.05) is 12.1 Å². The lowest BCUT2D eigenvalue weighted by Crippen LogP contribution is -2.12. The van der Waals surface area contributed by atoms with Crippen LogP contribution >= 0.6 is 11.8 Å². The van der Waals surface area contributed by atoms with E-state index in [9.17, 15) is 4.79 Å². The SMILES string of the molecule is Cc1ccc(C)n1-c1ccccc1S[C@H](C)C(=O)O. The number of carbonyl (C=O) groups is 1. The molecule has 2 rings (SSSR count). The Morgan fingerprint density at radius 3 is 2.32 bits per heavy atom. The summed E-state index contributed by atoms with van der Waals surface area (Å²) in [6, 6.07) is 12.0. The molecule has 0 aliphatic heterocycles. The average Bonchev–Trinajstić information content (AvgIpc) is 2.70. The molecule has 19 heavy (non-hydrogen) atoms. The number of rotatable bonds is 4. The van der Waals surface area contributed by atoms with Gasteiger partial charge in [0.25, 0.3) is 0 Å². The van der Waals surface area contributed by atoms with Gasteiger partial charge in [-0.2, -0.15) is 0 Å². The van der Waals surface area contributed by atoms with Crippen molar-refractivity contribution in [2.45, 2.75) is 30.9 Å². The smallest absolute Gasteiger partial charge is 0.316 e. The summed E-state index contributed by atoms with van der Waals surface area (Å²) in [5, 5.41) is 8.59. The molecule has 100 valence electrons. The molecule has 0 bridgehead atoms. The quantitative estimate of drug-likeness (QED) is 0.866. The Kier molecular flexibility index (Phi) is 4.00. The molecule has 2 aromatic rings. The summed E-state index contributed by atoms with van der Waals surface area (Å²) in [6.07, 6.45) is 0. The maximum atomic E-state index is 11.0. The molecule has 1 atom stereocenters. The Morgan fingerprint density at radius 1 is 1.16 bits per heavy atom. The van der Waals surface area contributed by atoms with Crippen LogP contribution in [0.3, 0.4) is 0 Å². The third kappa shape index (κ3) is 2.84. The number of aryl methyl sites for hydroxylation is 2. The van der Waals surface area contributed by atoms with E-state index in [1.807, 2.05) is 24.3 Å². The third-order valence-electron chi connectivity index (χ3n) is 3.03. The molecule has 0 aliphatic carbocycles. The summed E-state index contributed by atoms with van der Waals surface area (Å²) in [5.41, 5.74) is 3.34. The van der Waals surface area contributed by atoms with Gasteiger partial charge in [-0.25, -0.2) is 0 Å². The van der Waals surface area contributed by atoms with Crippen molar-refractivity contribution < 1.29 is 9.90 Å². The summed E-state index contributed by atoms with van der Waals surface area (Å²) in [5.74, 6) is -0.791. The molecule has 0 spiro atoms.